The van der Waals surface area contributed by atoms with E-state index in [2.05, 4.69) is 24.4 Å². The highest BCUT2D eigenvalue weighted by Gasteiger charge is 2.35. The van der Waals surface area contributed by atoms with E-state index < -0.39 is 5.91 Å². The zero-order valence-corrected chi connectivity index (χ0v) is 15.6. The van der Waals surface area contributed by atoms with Crippen LogP contribution in [0.5, 0.6) is 0 Å². The molecule has 1 heterocycles. The Morgan fingerprint density at radius 2 is 2.04 bits per heavy atom. The minimum atomic E-state index is -0.614. The minimum absolute atomic E-state index is 0.119. The zero-order chi connectivity index (χ0) is 19.1. The van der Waals surface area contributed by atoms with Crippen molar-refractivity contribution in [2.24, 2.45) is 16.3 Å². The number of hydrogen-bond donors (Lipinski definition) is 2. The van der Waals surface area contributed by atoms with E-state index in [9.17, 15) is 9.59 Å². The van der Waals surface area contributed by atoms with Gasteiger partial charge < -0.3 is 10.2 Å². The summed E-state index contributed by atoms with van der Waals surface area (Å²) >= 11 is 5.92. The lowest BCUT2D eigenvalue weighted by atomic mass is 9.75. The first-order chi connectivity index (χ1) is 12.2. The van der Waals surface area contributed by atoms with Crippen LogP contribution in [0.3, 0.4) is 0 Å². The van der Waals surface area contributed by atoms with Crippen LogP contribution in [0, 0.1) is 12.3 Å². The number of nitrogens with zero attached hydrogens (tertiary/aromatic N) is 1. The summed E-state index contributed by atoms with van der Waals surface area (Å²) in [6.45, 7) is 5.92. The predicted molar refractivity (Wildman–Crippen MR) is 99.5 cm³/mol. The SMILES string of the molecule is Cc1c(C(N)=O)oc2c1/C(=N/NC(=O)c1cccc(Cl)c1)CC(C)(C)C2. The second-order valence-corrected chi connectivity index (χ2v) is 7.68. The fourth-order valence-corrected chi connectivity index (χ4v) is 3.45. The van der Waals surface area contributed by atoms with E-state index in [0.717, 1.165) is 5.56 Å². The summed E-state index contributed by atoms with van der Waals surface area (Å²) < 4.78 is 5.69. The number of hydrazone groups is 1. The van der Waals surface area contributed by atoms with E-state index in [1.807, 2.05) is 0 Å². The summed E-state index contributed by atoms with van der Waals surface area (Å²) in [6, 6.07) is 6.62. The first-order valence-electron chi connectivity index (χ1n) is 8.23. The number of primary amides is 1. The third-order valence-corrected chi connectivity index (χ3v) is 4.63. The number of nitrogens with one attached hydrogen (secondary N) is 1. The summed E-state index contributed by atoms with van der Waals surface area (Å²) in [5, 5.41) is 4.80. The van der Waals surface area contributed by atoms with Crippen LogP contribution >= 0.6 is 11.6 Å². The van der Waals surface area contributed by atoms with Gasteiger partial charge in [-0.2, -0.15) is 5.10 Å². The molecule has 0 bridgehead atoms. The third kappa shape index (κ3) is 3.51. The molecule has 136 valence electrons. The number of carbonyl (C=O) groups is 2. The lowest BCUT2D eigenvalue weighted by molar-refractivity contribution is 0.0952. The molecule has 1 aromatic heterocycles. The van der Waals surface area contributed by atoms with Gasteiger partial charge in [0.2, 0.25) is 0 Å². The van der Waals surface area contributed by atoms with Gasteiger partial charge in [0.1, 0.15) is 5.76 Å². The number of nitrogens with two attached hydrogens (primary N) is 1. The van der Waals surface area contributed by atoms with E-state index in [1.165, 1.54) is 0 Å². The predicted octanol–water partition coefficient (Wildman–Crippen LogP) is 3.45. The lowest BCUT2D eigenvalue weighted by Gasteiger charge is -2.29. The first kappa shape index (κ1) is 18.2. The number of furan rings is 1. The fourth-order valence-electron chi connectivity index (χ4n) is 3.26. The Balaban J connectivity index is 1.96. The molecule has 6 nitrogen and oxygen atoms in total. The van der Waals surface area contributed by atoms with Gasteiger partial charge in [-0.25, -0.2) is 5.43 Å². The van der Waals surface area contributed by atoms with Gasteiger partial charge in [0.05, 0.1) is 5.71 Å². The number of halogens is 1. The average Bonchev–Trinajstić information content (AvgIpc) is 2.87. The van der Waals surface area contributed by atoms with E-state index in [0.29, 0.717) is 40.5 Å². The van der Waals surface area contributed by atoms with Crippen molar-refractivity contribution in [3.05, 3.63) is 57.5 Å². The minimum Gasteiger partial charge on any atom is -0.455 e. The average molecular weight is 374 g/mol. The Morgan fingerprint density at radius 3 is 2.69 bits per heavy atom. The van der Waals surface area contributed by atoms with Crippen LogP contribution in [0.1, 0.15) is 58.1 Å². The van der Waals surface area contributed by atoms with Crippen LogP contribution in [0.25, 0.3) is 0 Å². The largest absolute Gasteiger partial charge is 0.455 e. The molecule has 2 aromatic rings. The van der Waals surface area contributed by atoms with Crippen LogP contribution < -0.4 is 11.2 Å². The Labute approximate surface area is 156 Å². The number of benzene rings is 1. The maximum atomic E-state index is 12.3. The highest BCUT2D eigenvalue weighted by Crippen LogP contribution is 2.38. The monoisotopic (exact) mass is 373 g/mol. The Hall–Kier alpha value is -2.60. The summed E-state index contributed by atoms with van der Waals surface area (Å²) in [5.74, 6) is -0.164. The van der Waals surface area contributed by atoms with Gasteiger partial charge in [-0.15, -0.1) is 0 Å². The molecular formula is C19H20ClN3O3. The second kappa shape index (κ2) is 6.61. The van der Waals surface area contributed by atoms with Crippen LogP contribution in [0.2, 0.25) is 5.02 Å². The van der Waals surface area contributed by atoms with Crippen LogP contribution in [0.4, 0.5) is 0 Å². The highest BCUT2D eigenvalue weighted by molar-refractivity contribution is 6.31. The first-order valence-corrected chi connectivity index (χ1v) is 8.60. The Bertz CT molecular complexity index is 928. The van der Waals surface area contributed by atoms with Crippen molar-refractivity contribution >= 4 is 29.1 Å². The number of carbonyl (C=O) groups excluding carboxylic acids is 2. The number of hydrogen-bond acceptors (Lipinski definition) is 4. The molecule has 1 aliphatic rings. The molecule has 1 aliphatic carbocycles. The van der Waals surface area contributed by atoms with Crippen molar-refractivity contribution in [2.75, 3.05) is 0 Å². The molecule has 0 atom stereocenters. The second-order valence-electron chi connectivity index (χ2n) is 7.25. The molecule has 0 saturated heterocycles. The molecule has 0 spiro atoms. The summed E-state index contributed by atoms with van der Waals surface area (Å²) in [7, 11) is 0. The Morgan fingerprint density at radius 1 is 1.31 bits per heavy atom. The molecule has 3 N–H and O–H groups in total. The molecule has 3 rings (SSSR count). The molecule has 0 fully saturated rings. The maximum absolute atomic E-state index is 12.3. The standard InChI is InChI=1S/C19H20ClN3O3/c1-10-15-13(22-23-18(25)11-5-4-6-12(20)7-11)8-19(2,3)9-14(15)26-16(10)17(21)24/h4-7H,8-9H2,1-3H3,(H2,21,24)(H,23,25)/b22-13+. The summed E-state index contributed by atoms with van der Waals surface area (Å²) in [5.41, 5.74) is 10.3. The van der Waals surface area contributed by atoms with E-state index in [-0.39, 0.29) is 17.1 Å². The van der Waals surface area contributed by atoms with Crippen molar-refractivity contribution in [3.8, 4) is 0 Å². The lowest BCUT2D eigenvalue weighted by Crippen LogP contribution is -2.29. The molecular weight excluding hydrogens is 354 g/mol. The van der Waals surface area contributed by atoms with Crippen LogP contribution in [-0.4, -0.2) is 17.5 Å². The topological polar surface area (TPSA) is 97.7 Å². The van der Waals surface area contributed by atoms with E-state index in [1.54, 1.807) is 31.2 Å². The van der Waals surface area contributed by atoms with Crippen molar-refractivity contribution in [3.63, 3.8) is 0 Å². The fraction of sp³-hybridized carbons (Fsp3) is 0.316. The maximum Gasteiger partial charge on any atom is 0.284 e. The van der Waals surface area contributed by atoms with E-state index in [4.69, 9.17) is 21.8 Å². The summed E-state index contributed by atoms with van der Waals surface area (Å²) in [4.78, 5) is 23.9. The van der Waals surface area contributed by atoms with Crippen LogP contribution in [0.15, 0.2) is 33.8 Å². The molecule has 26 heavy (non-hydrogen) atoms. The van der Waals surface area contributed by atoms with Gasteiger partial charge in [-0.05, 0) is 37.0 Å². The number of amides is 2. The molecule has 0 unspecified atom stereocenters. The van der Waals surface area contributed by atoms with Crippen molar-refractivity contribution in [1.29, 1.82) is 0 Å². The molecule has 2 amide bonds. The zero-order valence-electron chi connectivity index (χ0n) is 14.9. The van der Waals surface area contributed by atoms with Crippen LogP contribution in [-0.2, 0) is 6.42 Å². The van der Waals surface area contributed by atoms with Crippen molar-refractivity contribution in [2.45, 2.75) is 33.6 Å². The Kier molecular flexibility index (Phi) is 4.63. The third-order valence-electron chi connectivity index (χ3n) is 4.40. The normalized spacial score (nSPS) is 17.0. The van der Waals surface area contributed by atoms with Gasteiger partial charge >= 0.3 is 0 Å². The van der Waals surface area contributed by atoms with Gasteiger partial charge in [-0.1, -0.05) is 31.5 Å². The quantitative estimate of drug-likeness (QED) is 0.806. The highest BCUT2D eigenvalue weighted by atomic mass is 35.5. The summed E-state index contributed by atoms with van der Waals surface area (Å²) in [6.07, 6.45) is 1.30. The number of rotatable bonds is 3. The van der Waals surface area contributed by atoms with Gasteiger partial charge in [0, 0.05) is 28.1 Å². The molecule has 7 heteroatoms. The van der Waals surface area contributed by atoms with E-state index >= 15 is 0 Å². The van der Waals surface area contributed by atoms with Crippen molar-refractivity contribution < 1.29 is 14.0 Å². The molecule has 0 aliphatic heterocycles. The number of fused-ring (bicyclic) bond motifs is 1. The molecule has 0 saturated carbocycles. The van der Waals surface area contributed by atoms with Gasteiger partial charge in [0.15, 0.2) is 5.76 Å². The molecule has 0 radical (unpaired) electrons. The van der Waals surface area contributed by atoms with Gasteiger partial charge in [0.25, 0.3) is 11.8 Å². The molecule has 1 aromatic carbocycles. The van der Waals surface area contributed by atoms with Gasteiger partial charge in [-0.3, -0.25) is 9.59 Å². The smallest absolute Gasteiger partial charge is 0.284 e. The van der Waals surface area contributed by atoms with Crippen molar-refractivity contribution in [1.82, 2.24) is 5.43 Å².